The SMILES string of the molecule is CNC(Cc1cncc(Br)c1)c1cc(Cl)ccc1OC. The Morgan fingerprint density at radius 2 is 2.15 bits per heavy atom. The minimum Gasteiger partial charge on any atom is -0.496 e. The lowest BCUT2D eigenvalue weighted by molar-refractivity contribution is 0.401. The van der Waals surface area contributed by atoms with Gasteiger partial charge in [-0.3, -0.25) is 4.98 Å². The number of likely N-dealkylation sites (N-methyl/N-ethyl adjacent to an activating group) is 1. The smallest absolute Gasteiger partial charge is 0.123 e. The maximum Gasteiger partial charge on any atom is 0.123 e. The first kappa shape index (κ1) is 15.3. The molecule has 1 heterocycles. The third-order valence-corrected chi connectivity index (χ3v) is 3.79. The number of methoxy groups -OCH3 is 1. The van der Waals surface area contributed by atoms with E-state index in [4.69, 9.17) is 16.3 Å². The van der Waals surface area contributed by atoms with E-state index < -0.39 is 0 Å². The second kappa shape index (κ2) is 7.07. The fraction of sp³-hybridized carbons (Fsp3) is 0.267. The van der Waals surface area contributed by atoms with Crippen molar-refractivity contribution in [3.63, 3.8) is 0 Å². The van der Waals surface area contributed by atoms with E-state index in [1.54, 1.807) is 13.3 Å². The molecule has 0 fully saturated rings. The Hall–Kier alpha value is -1.10. The molecule has 0 saturated carbocycles. The first-order valence-corrected chi connectivity index (χ1v) is 7.41. The lowest BCUT2D eigenvalue weighted by Gasteiger charge is -2.19. The Kier molecular flexibility index (Phi) is 5.40. The second-order valence-electron chi connectivity index (χ2n) is 4.44. The minimum atomic E-state index is 0.111. The molecule has 1 atom stereocenters. The maximum atomic E-state index is 6.10. The summed E-state index contributed by atoms with van der Waals surface area (Å²) in [5, 5.41) is 4.01. The first-order valence-electron chi connectivity index (χ1n) is 6.24. The summed E-state index contributed by atoms with van der Waals surface area (Å²) in [7, 11) is 3.59. The summed E-state index contributed by atoms with van der Waals surface area (Å²) in [6.07, 6.45) is 4.45. The number of nitrogens with zero attached hydrogens (tertiary/aromatic N) is 1. The molecular weight excluding hydrogens is 340 g/mol. The number of hydrogen-bond donors (Lipinski definition) is 1. The molecule has 106 valence electrons. The Morgan fingerprint density at radius 3 is 2.80 bits per heavy atom. The third kappa shape index (κ3) is 3.72. The van der Waals surface area contributed by atoms with Crippen molar-refractivity contribution in [3.05, 3.63) is 57.3 Å². The van der Waals surface area contributed by atoms with Gasteiger partial charge in [0.1, 0.15) is 5.75 Å². The molecule has 20 heavy (non-hydrogen) atoms. The van der Waals surface area contributed by atoms with Crippen LogP contribution in [0, 0.1) is 0 Å². The van der Waals surface area contributed by atoms with Crippen molar-refractivity contribution in [1.82, 2.24) is 10.3 Å². The lowest BCUT2D eigenvalue weighted by Crippen LogP contribution is -2.19. The van der Waals surface area contributed by atoms with Crippen LogP contribution >= 0.6 is 27.5 Å². The molecule has 0 aliphatic heterocycles. The van der Waals surface area contributed by atoms with E-state index in [-0.39, 0.29) is 6.04 Å². The van der Waals surface area contributed by atoms with E-state index in [9.17, 15) is 0 Å². The summed E-state index contributed by atoms with van der Waals surface area (Å²) >= 11 is 9.54. The Morgan fingerprint density at radius 1 is 1.35 bits per heavy atom. The predicted molar refractivity (Wildman–Crippen MR) is 85.4 cm³/mol. The van der Waals surface area contributed by atoms with Crippen molar-refractivity contribution in [2.24, 2.45) is 0 Å². The molecule has 0 amide bonds. The number of hydrogen-bond acceptors (Lipinski definition) is 3. The zero-order valence-corrected chi connectivity index (χ0v) is 13.7. The van der Waals surface area contributed by atoms with Gasteiger partial charge in [0.25, 0.3) is 0 Å². The van der Waals surface area contributed by atoms with Gasteiger partial charge in [-0.05, 0) is 59.2 Å². The number of pyridine rings is 1. The molecule has 3 nitrogen and oxygen atoms in total. The van der Waals surface area contributed by atoms with Gasteiger partial charge in [0.2, 0.25) is 0 Å². The highest BCUT2D eigenvalue weighted by Crippen LogP contribution is 2.30. The van der Waals surface area contributed by atoms with E-state index in [1.807, 2.05) is 31.4 Å². The van der Waals surface area contributed by atoms with Gasteiger partial charge in [-0.25, -0.2) is 0 Å². The molecule has 1 aromatic carbocycles. The molecule has 1 aromatic heterocycles. The highest BCUT2D eigenvalue weighted by atomic mass is 79.9. The van der Waals surface area contributed by atoms with Crippen LogP contribution in [0.5, 0.6) is 5.75 Å². The van der Waals surface area contributed by atoms with Gasteiger partial charge >= 0.3 is 0 Å². The van der Waals surface area contributed by atoms with Gasteiger partial charge in [-0.1, -0.05) is 11.6 Å². The number of rotatable bonds is 5. The normalized spacial score (nSPS) is 12.2. The topological polar surface area (TPSA) is 34.2 Å². The van der Waals surface area contributed by atoms with Crippen LogP contribution in [0.1, 0.15) is 17.2 Å². The van der Waals surface area contributed by atoms with Crippen LogP contribution < -0.4 is 10.1 Å². The summed E-state index contributed by atoms with van der Waals surface area (Å²) in [6, 6.07) is 7.83. The fourth-order valence-electron chi connectivity index (χ4n) is 2.15. The molecule has 5 heteroatoms. The number of ether oxygens (including phenoxy) is 1. The number of aromatic nitrogens is 1. The zero-order valence-electron chi connectivity index (χ0n) is 11.4. The Bertz CT molecular complexity index is 592. The summed E-state index contributed by atoms with van der Waals surface area (Å²) in [4.78, 5) is 4.19. The summed E-state index contributed by atoms with van der Waals surface area (Å²) in [5.41, 5.74) is 2.18. The monoisotopic (exact) mass is 354 g/mol. The molecule has 0 saturated heterocycles. The number of nitrogens with one attached hydrogen (secondary N) is 1. The van der Waals surface area contributed by atoms with Gasteiger partial charge in [0, 0.05) is 33.5 Å². The maximum absolute atomic E-state index is 6.10. The molecule has 0 aliphatic rings. The van der Waals surface area contributed by atoms with E-state index in [2.05, 4.69) is 32.3 Å². The van der Waals surface area contributed by atoms with Gasteiger partial charge in [0.05, 0.1) is 7.11 Å². The van der Waals surface area contributed by atoms with Crippen molar-refractivity contribution in [1.29, 1.82) is 0 Å². The second-order valence-corrected chi connectivity index (χ2v) is 5.80. The highest BCUT2D eigenvalue weighted by Gasteiger charge is 2.16. The first-order chi connectivity index (χ1) is 9.63. The van der Waals surface area contributed by atoms with Gasteiger partial charge < -0.3 is 10.1 Å². The van der Waals surface area contributed by atoms with Crippen molar-refractivity contribution in [3.8, 4) is 5.75 Å². The van der Waals surface area contributed by atoms with E-state index >= 15 is 0 Å². The highest BCUT2D eigenvalue weighted by molar-refractivity contribution is 9.10. The molecule has 1 unspecified atom stereocenters. The number of benzene rings is 1. The molecule has 0 radical (unpaired) electrons. The third-order valence-electron chi connectivity index (χ3n) is 3.12. The average Bonchev–Trinajstić information content (AvgIpc) is 2.45. The van der Waals surface area contributed by atoms with Crippen LogP contribution in [-0.2, 0) is 6.42 Å². The zero-order chi connectivity index (χ0) is 14.5. The van der Waals surface area contributed by atoms with Crippen LogP contribution in [-0.4, -0.2) is 19.1 Å². The largest absolute Gasteiger partial charge is 0.496 e. The average molecular weight is 356 g/mol. The van der Waals surface area contributed by atoms with E-state index in [1.165, 1.54) is 0 Å². The quantitative estimate of drug-likeness (QED) is 0.880. The molecule has 0 spiro atoms. The molecule has 2 rings (SSSR count). The molecular formula is C15H16BrClN2O. The van der Waals surface area contributed by atoms with Crippen LogP contribution in [0.25, 0.3) is 0 Å². The molecule has 1 N–H and O–H groups in total. The van der Waals surface area contributed by atoms with Crippen LogP contribution in [0.3, 0.4) is 0 Å². The van der Waals surface area contributed by atoms with E-state index in [0.29, 0.717) is 5.02 Å². The van der Waals surface area contributed by atoms with Crippen molar-refractivity contribution < 1.29 is 4.74 Å². The molecule has 0 aliphatic carbocycles. The summed E-state index contributed by atoms with van der Waals surface area (Å²) in [6.45, 7) is 0. The Balaban J connectivity index is 2.30. The standard InChI is InChI=1S/C15H16BrClN2O/c1-18-14(6-10-5-11(16)9-19-8-10)13-7-12(17)3-4-15(13)20-2/h3-5,7-9,14,18H,6H2,1-2H3. The van der Waals surface area contributed by atoms with Crippen molar-refractivity contribution >= 4 is 27.5 Å². The van der Waals surface area contributed by atoms with Gasteiger partial charge in [-0.2, -0.15) is 0 Å². The summed E-state index contributed by atoms with van der Waals surface area (Å²) in [5.74, 6) is 0.830. The number of halogens is 2. The molecule has 0 bridgehead atoms. The van der Waals surface area contributed by atoms with Crippen LogP contribution in [0.15, 0.2) is 41.1 Å². The Labute approximate surface area is 132 Å². The fourth-order valence-corrected chi connectivity index (χ4v) is 2.74. The minimum absolute atomic E-state index is 0.111. The summed E-state index contributed by atoms with van der Waals surface area (Å²) < 4.78 is 6.40. The predicted octanol–water partition coefficient (Wildman–Crippen LogP) is 4.01. The van der Waals surface area contributed by atoms with Crippen LogP contribution in [0.2, 0.25) is 5.02 Å². The van der Waals surface area contributed by atoms with Gasteiger partial charge in [-0.15, -0.1) is 0 Å². The lowest BCUT2D eigenvalue weighted by atomic mass is 9.99. The van der Waals surface area contributed by atoms with Gasteiger partial charge in [0.15, 0.2) is 0 Å². The van der Waals surface area contributed by atoms with Crippen molar-refractivity contribution in [2.45, 2.75) is 12.5 Å². The van der Waals surface area contributed by atoms with Crippen LogP contribution in [0.4, 0.5) is 0 Å². The van der Waals surface area contributed by atoms with Crippen molar-refractivity contribution in [2.75, 3.05) is 14.2 Å². The van der Waals surface area contributed by atoms with E-state index in [0.717, 1.165) is 27.8 Å². The molecule has 2 aromatic rings.